The van der Waals surface area contributed by atoms with Crippen LogP contribution in [0.3, 0.4) is 0 Å². The van der Waals surface area contributed by atoms with E-state index in [1.54, 1.807) is 0 Å². The number of hydrogen-bond donors (Lipinski definition) is 2. The first kappa shape index (κ1) is 23.7. The molecule has 2 aromatic rings. The van der Waals surface area contributed by atoms with Gasteiger partial charge >= 0.3 is 6.18 Å². The van der Waals surface area contributed by atoms with Crippen LogP contribution in [0.4, 0.5) is 18.9 Å². The molecule has 1 aromatic carbocycles. The Morgan fingerprint density at radius 2 is 2.03 bits per heavy atom. The summed E-state index contributed by atoms with van der Waals surface area (Å²) in [5.74, 6) is 0.599. The second kappa shape index (κ2) is 10.5. The van der Waals surface area contributed by atoms with Crippen molar-refractivity contribution in [1.82, 2.24) is 15.6 Å². The number of nitrogens with one attached hydrogen (secondary N) is 2. The van der Waals surface area contributed by atoms with Crippen molar-refractivity contribution < 1.29 is 13.2 Å². The summed E-state index contributed by atoms with van der Waals surface area (Å²) >= 11 is 0.976. The first-order valence-electron chi connectivity index (χ1n) is 9.23. The van der Waals surface area contributed by atoms with Crippen LogP contribution < -0.4 is 15.5 Å². The van der Waals surface area contributed by atoms with Crippen LogP contribution in [0.5, 0.6) is 0 Å². The molecule has 5 nitrogen and oxygen atoms in total. The summed E-state index contributed by atoms with van der Waals surface area (Å²) in [4.78, 5) is 10.4. The highest BCUT2D eigenvalue weighted by Crippen LogP contribution is 2.30. The van der Waals surface area contributed by atoms with Gasteiger partial charge in [0.1, 0.15) is 5.01 Å². The van der Waals surface area contributed by atoms with Crippen molar-refractivity contribution in [3.8, 4) is 0 Å². The molecule has 1 atom stereocenters. The van der Waals surface area contributed by atoms with Gasteiger partial charge in [0.2, 0.25) is 0 Å². The average Bonchev–Trinajstić information content (AvgIpc) is 3.30. The van der Waals surface area contributed by atoms with Crippen LogP contribution in [0.15, 0.2) is 34.6 Å². The number of aromatic nitrogens is 1. The van der Waals surface area contributed by atoms with Gasteiger partial charge in [0, 0.05) is 36.7 Å². The van der Waals surface area contributed by atoms with Crippen molar-refractivity contribution in [2.24, 2.45) is 4.99 Å². The Balaban J connectivity index is 0.00000300. The van der Waals surface area contributed by atoms with Gasteiger partial charge in [-0.1, -0.05) is 17.7 Å². The number of aryl methyl sites for hydroxylation is 1. The topological polar surface area (TPSA) is 52.6 Å². The fourth-order valence-corrected chi connectivity index (χ4v) is 3.77. The van der Waals surface area contributed by atoms with Crippen molar-refractivity contribution in [2.75, 3.05) is 24.5 Å². The Morgan fingerprint density at radius 1 is 1.31 bits per heavy atom. The zero-order chi connectivity index (χ0) is 20.1. The molecule has 1 aromatic heterocycles. The highest BCUT2D eigenvalue weighted by atomic mass is 127. The summed E-state index contributed by atoms with van der Waals surface area (Å²) in [5.41, 5.74) is 1.57. The quantitative estimate of drug-likeness (QED) is 0.336. The lowest BCUT2D eigenvalue weighted by Gasteiger charge is -2.20. The minimum atomic E-state index is -4.41. The lowest BCUT2D eigenvalue weighted by Crippen LogP contribution is -2.44. The molecule has 29 heavy (non-hydrogen) atoms. The maximum absolute atomic E-state index is 12.7. The average molecular weight is 539 g/mol. The molecule has 1 aliphatic rings. The molecule has 160 valence electrons. The normalized spacial score (nSPS) is 17.2. The molecule has 2 N–H and O–H groups in total. The molecule has 0 radical (unpaired) electrons. The van der Waals surface area contributed by atoms with Gasteiger partial charge in [-0.15, -0.1) is 35.3 Å². The Morgan fingerprint density at radius 3 is 2.66 bits per heavy atom. The van der Waals surface area contributed by atoms with E-state index in [4.69, 9.17) is 0 Å². The van der Waals surface area contributed by atoms with Crippen LogP contribution in [0.2, 0.25) is 0 Å². The van der Waals surface area contributed by atoms with E-state index in [0.717, 1.165) is 36.2 Å². The summed E-state index contributed by atoms with van der Waals surface area (Å²) in [7, 11) is 0. The molecule has 1 fully saturated rings. The monoisotopic (exact) mass is 539 g/mol. The number of thiazole rings is 1. The van der Waals surface area contributed by atoms with Crippen molar-refractivity contribution in [2.45, 2.75) is 39.0 Å². The minimum Gasteiger partial charge on any atom is -0.369 e. The number of halogens is 4. The number of rotatable bonds is 5. The molecule has 0 bridgehead atoms. The van der Waals surface area contributed by atoms with E-state index >= 15 is 0 Å². The van der Waals surface area contributed by atoms with Crippen molar-refractivity contribution >= 4 is 47.0 Å². The number of hydrogen-bond acceptors (Lipinski definition) is 4. The summed E-state index contributed by atoms with van der Waals surface area (Å²) in [6.45, 7) is 6.61. The largest absolute Gasteiger partial charge is 0.434 e. The molecule has 3 rings (SSSR count). The zero-order valence-electron chi connectivity index (χ0n) is 16.3. The fourth-order valence-electron chi connectivity index (χ4n) is 3.04. The molecular formula is C19H25F3IN5S. The second-order valence-electron chi connectivity index (χ2n) is 6.73. The van der Waals surface area contributed by atoms with Crippen LogP contribution in [-0.2, 0) is 12.7 Å². The third-order valence-corrected chi connectivity index (χ3v) is 5.32. The molecule has 0 saturated carbocycles. The second-order valence-corrected chi connectivity index (χ2v) is 7.67. The molecule has 1 saturated heterocycles. The predicted octanol–water partition coefficient (Wildman–Crippen LogP) is 4.42. The van der Waals surface area contributed by atoms with Crippen LogP contribution in [0.1, 0.15) is 29.6 Å². The Bertz CT molecular complexity index is 807. The Kier molecular flexibility index (Phi) is 8.56. The van der Waals surface area contributed by atoms with Crippen LogP contribution >= 0.6 is 35.3 Å². The van der Waals surface area contributed by atoms with Gasteiger partial charge in [-0.3, -0.25) is 0 Å². The molecule has 0 amide bonds. The van der Waals surface area contributed by atoms with Gasteiger partial charge in [0.15, 0.2) is 11.7 Å². The molecular weight excluding hydrogens is 514 g/mol. The molecule has 0 spiro atoms. The van der Waals surface area contributed by atoms with Gasteiger partial charge in [0.05, 0.1) is 6.54 Å². The summed E-state index contributed by atoms with van der Waals surface area (Å²) in [6.07, 6.45) is -3.45. The van der Waals surface area contributed by atoms with Crippen molar-refractivity contribution in [1.29, 1.82) is 0 Å². The van der Waals surface area contributed by atoms with Crippen LogP contribution in [0.25, 0.3) is 0 Å². The maximum Gasteiger partial charge on any atom is 0.434 e. The van der Waals surface area contributed by atoms with E-state index in [0.29, 0.717) is 17.5 Å². The summed E-state index contributed by atoms with van der Waals surface area (Å²) < 4.78 is 38.0. The first-order valence-corrected chi connectivity index (χ1v) is 10.1. The number of guanidine groups is 1. The standard InChI is InChI=1S/C19H24F3N5S.HI/c1-3-23-18(24-10-17-26-16(12-28-17)19(20,21)22)25-14-8-9-27(11-14)15-6-4-13(2)5-7-15;/h4-7,12,14H,3,8-11H2,1-2H3,(H2,23,24,25);1H. The maximum atomic E-state index is 12.7. The summed E-state index contributed by atoms with van der Waals surface area (Å²) in [5, 5.41) is 7.92. The zero-order valence-corrected chi connectivity index (χ0v) is 19.4. The number of benzene rings is 1. The highest BCUT2D eigenvalue weighted by Gasteiger charge is 2.33. The van der Waals surface area contributed by atoms with E-state index in [9.17, 15) is 13.2 Å². The van der Waals surface area contributed by atoms with Crippen molar-refractivity contribution in [3.63, 3.8) is 0 Å². The third-order valence-electron chi connectivity index (χ3n) is 4.49. The number of anilines is 1. The lowest BCUT2D eigenvalue weighted by atomic mass is 10.2. The first-order chi connectivity index (χ1) is 13.3. The van der Waals surface area contributed by atoms with Crippen LogP contribution in [-0.4, -0.2) is 36.6 Å². The van der Waals surface area contributed by atoms with E-state index < -0.39 is 11.9 Å². The predicted molar refractivity (Wildman–Crippen MR) is 122 cm³/mol. The fraction of sp³-hybridized carbons (Fsp3) is 0.474. The van der Waals surface area contributed by atoms with E-state index in [1.807, 2.05) is 6.92 Å². The summed E-state index contributed by atoms with van der Waals surface area (Å²) in [6, 6.07) is 8.67. The van der Waals surface area contributed by atoms with Gasteiger partial charge in [0.25, 0.3) is 0 Å². The van der Waals surface area contributed by atoms with Gasteiger partial charge < -0.3 is 15.5 Å². The molecule has 0 aliphatic carbocycles. The number of alkyl halides is 3. The smallest absolute Gasteiger partial charge is 0.369 e. The van der Waals surface area contributed by atoms with Crippen molar-refractivity contribution in [3.05, 3.63) is 45.9 Å². The van der Waals surface area contributed by atoms with Gasteiger partial charge in [-0.2, -0.15) is 13.2 Å². The highest BCUT2D eigenvalue weighted by molar-refractivity contribution is 14.0. The molecule has 1 aliphatic heterocycles. The molecule has 10 heteroatoms. The van der Waals surface area contributed by atoms with E-state index in [2.05, 4.69) is 56.7 Å². The third kappa shape index (κ3) is 6.73. The molecule has 2 heterocycles. The van der Waals surface area contributed by atoms with Gasteiger partial charge in [-0.25, -0.2) is 9.98 Å². The van der Waals surface area contributed by atoms with Crippen LogP contribution in [0, 0.1) is 6.92 Å². The SMILES string of the molecule is CCNC(=NCc1nc(C(F)(F)F)cs1)NC1CCN(c2ccc(C)cc2)C1.I. The van der Waals surface area contributed by atoms with E-state index in [-0.39, 0.29) is 36.6 Å². The Hall–Kier alpha value is -1.56. The number of aliphatic imine (C=N–C) groups is 1. The molecule has 1 unspecified atom stereocenters. The Labute approximate surface area is 189 Å². The minimum absolute atomic E-state index is 0. The number of nitrogens with zero attached hydrogens (tertiary/aromatic N) is 3. The lowest BCUT2D eigenvalue weighted by molar-refractivity contribution is -0.140. The van der Waals surface area contributed by atoms with E-state index in [1.165, 1.54) is 11.3 Å². The van der Waals surface area contributed by atoms with Gasteiger partial charge in [-0.05, 0) is 32.4 Å².